The minimum atomic E-state index is -4.97. The van der Waals surface area contributed by atoms with Gasteiger partial charge in [-0.3, -0.25) is 37.3 Å². The number of aliphatic hydroxyl groups is 1. The number of ether oxygens (including phenoxy) is 4. The summed E-state index contributed by atoms with van der Waals surface area (Å²) in [6.45, 7) is 4.93. The molecule has 0 amide bonds. The van der Waals surface area contributed by atoms with Crippen molar-refractivity contribution < 1.29 is 80.2 Å². The summed E-state index contributed by atoms with van der Waals surface area (Å²) in [5.74, 6) is -2.15. The summed E-state index contributed by atoms with van der Waals surface area (Å²) in [6.07, 6.45) is 75.0. The summed E-state index contributed by atoms with van der Waals surface area (Å²) < 4.78 is 68.7. The minimum Gasteiger partial charge on any atom is -0.462 e. The van der Waals surface area contributed by atoms with Gasteiger partial charge in [0.2, 0.25) is 0 Å². The number of hydrogen-bond donors (Lipinski definition) is 3. The minimum absolute atomic E-state index is 0.0999. The Balaban J connectivity index is 5.31. The second-order valence-corrected chi connectivity index (χ2v) is 31.3. The molecule has 0 fully saturated rings. The summed E-state index contributed by atoms with van der Waals surface area (Å²) in [5, 5.41) is 10.6. The third-order valence-corrected chi connectivity index (χ3v) is 20.2. The van der Waals surface area contributed by atoms with E-state index in [-0.39, 0.29) is 25.7 Å². The molecule has 17 nitrogen and oxygen atoms in total. The smallest absolute Gasteiger partial charge is 0.462 e. The molecule has 0 aliphatic rings. The SMILES string of the molecule is CCCCC/C=C\C/C=C\C/C=C\CCCCCCCCC(=O)OCC(COP(=O)(O)OCC(O)COP(=O)(O)OCC(COC(=O)CCCCCCC/C=C\CCCCCCCC)OC(=O)CCCCCCCCCCCCCCC)OC(=O)CCCCCCCCCCCCCCCCC. The second kappa shape index (κ2) is 76.2. The zero-order valence-corrected chi connectivity index (χ0v) is 67.3. The standard InChI is InChI=1S/C83H154O17P2/c1-5-9-13-17-21-25-29-33-36-37-38-39-42-45-48-52-56-60-64-68-81(86)94-74-79(100-83(88)70-66-62-58-54-50-46-41-35-31-27-23-19-15-11-7-3)76-98-102(91,92)96-72-77(84)71-95-101(89,90)97-75-78(99-82(87)69-65-61-57-53-49-43-32-28-24-20-16-12-8-4)73-93-80(85)67-63-59-55-51-47-44-40-34-30-26-22-18-14-10-6-2/h21,25,33-34,36,38-40,77-79,84H,5-20,22-24,26-32,35,37,41-76H2,1-4H3,(H,89,90)(H,91,92)/b25-21-,36-33-,39-38-,40-34-. The molecule has 0 aliphatic heterocycles. The van der Waals surface area contributed by atoms with Crippen LogP contribution in [0.2, 0.25) is 0 Å². The van der Waals surface area contributed by atoms with Gasteiger partial charge in [0.25, 0.3) is 0 Å². The highest BCUT2D eigenvalue weighted by atomic mass is 31.2. The number of hydrogen-bond acceptors (Lipinski definition) is 15. The molecule has 5 unspecified atom stereocenters. The van der Waals surface area contributed by atoms with Crippen LogP contribution >= 0.6 is 15.6 Å². The van der Waals surface area contributed by atoms with Gasteiger partial charge in [0.05, 0.1) is 26.4 Å². The first-order valence-electron chi connectivity index (χ1n) is 41.9. The molecule has 3 N–H and O–H groups in total. The van der Waals surface area contributed by atoms with E-state index >= 15 is 0 Å². The number of phosphoric acid groups is 2. The van der Waals surface area contributed by atoms with Crippen LogP contribution in [0, 0.1) is 0 Å². The van der Waals surface area contributed by atoms with E-state index in [1.165, 1.54) is 173 Å². The van der Waals surface area contributed by atoms with Gasteiger partial charge in [-0.15, -0.1) is 0 Å². The normalized spacial score (nSPS) is 14.1. The van der Waals surface area contributed by atoms with Crippen molar-refractivity contribution in [2.45, 2.75) is 418 Å². The Morgan fingerprint density at radius 1 is 0.275 bits per heavy atom. The average molecular weight is 1490 g/mol. The number of esters is 4. The molecule has 102 heavy (non-hydrogen) atoms. The van der Waals surface area contributed by atoms with Gasteiger partial charge < -0.3 is 33.8 Å². The topological polar surface area (TPSA) is 237 Å². The van der Waals surface area contributed by atoms with Crippen LogP contribution in [0.1, 0.15) is 400 Å². The maximum absolute atomic E-state index is 13.1. The molecule has 0 spiro atoms. The third-order valence-electron chi connectivity index (χ3n) is 18.3. The highest BCUT2D eigenvalue weighted by Crippen LogP contribution is 2.45. The summed E-state index contributed by atoms with van der Waals surface area (Å²) in [7, 11) is -9.94. The van der Waals surface area contributed by atoms with Gasteiger partial charge >= 0.3 is 39.5 Å². The summed E-state index contributed by atoms with van der Waals surface area (Å²) in [5.41, 5.74) is 0. The highest BCUT2D eigenvalue weighted by Gasteiger charge is 2.30. The van der Waals surface area contributed by atoms with Crippen LogP contribution in [-0.4, -0.2) is 96.7 Å². The maximum atomic E-state index is 13.1. The summed E-state index contributed by atoms with van der Waals surface area (Å²) in [4.78, 5) is 73.1. The molecule has 0 radical (unpaired) electrons. The zero-order valence-electron chi connectivity index (χ0n) is 65.6. The first-order chi connectivity index (χ1) is 49.7. The van der Waals surface area contributed by atoms with Crippen molar-refractivity contribution in [2.75, 3.05) is 39.6 Å². The van der Waals surface area contributed by atoms with Crippen LogP contribution in [0.4, 0.5) is 0 Å². The van der Waals surface area contributed by atoms with Crippen molar-refractivity contribution in [1.29, 1.82) is 0 Å². The largest absolute Gasteiger partial charge is 0.472 e. The molecule has 0 aromatic heterocycles. The van der Waals surface area contributed by atoms with Crippen LogP contribution in [-0.2, 0) is 65.4 Å². The van der Waals surface area contributed by atoms with Crippen LogP contribution in [0.3, 0.4) is 0 Å². The predicted molar refractivity (Wildman–Crippen MR) is 418 cm³/mol. The lowest BCUT2D eigenvalue weighted by molar-refractivity contribution is -0.161. The molecule has 0 aromatic carbocycles. The van der Waals surface area contributed by atoms with Crippen LogP contribution in [0.5, 0.6) is 0 Å². The third kappa shape index (κ3) is 75.3. The fourth-order valence-corrected chi connectivity index (χ4v) is 13.5. The zero-order chi connectivity index (χ0) is 74.6. The number of phosphoric ester groups is 2. The molecular weight excluding hydrogens is 1330 g/mol. The number of carbonyl (C=O) groups is 4. The highest BCUT2D eigenvalue weighted by molar-refractivity contribution is 7.47. The van der Waals surface area contributed by atoms with E-state index < -0.39 is 97.5 Å². The number of allylic oxidation sites excluding steroid dienone is 8. The molecule has 5 atom stereocenters. The number of rotatable bonds is 80. The van der Waals surface area contributed by atoms with Gasteiger partial charge in [0.15, 0.2) is 12.2 Å². The van der Waals surface area contributed by atoms with Crippen LogP contribution in [0.15, 0.2) is 48.6 Å². The summed E-state index contributed by atoms with van der Waals surface area (Å²) in [6, 6.07) is 0. The molecule has 0 heterocycles. The van der Waals surface area contributed by atoms with Gasteiger partial charge in [-0.2, -0.15) is 0 Å². The first-order valence-corrected chi connectivity index (χ1v) is 44.9. The Morgan fingerprint density at radius 2 is 0.480 bits per heavy atom. The van der Waals surface area contributed by atoms with E-state index in [9.17, 15) is 43.2 Å². The molecule has 0 bridgehead atoms. The Morgan fingerprint density at radius 3 is 0.765 bits per heavy atom. The van der Waals surface area contributed by atoms with Gasteiger partial charge in [0.1, 0.15) is 19.3 Å². The molecule has 0 saturated heterocycles. The molecule has 598 valence electrons. The van der Waals surface area contributed by atoms with E-state index in [0.29, 0.717) is 25.7 Å². The van der Waals surface area contributed by atoms with Crippen molar-refractivity contribution in [2.24, 2.45) is 0 Å². The summed E-state index contributed by atoms with van der Waals surface area (Å²) >= 11 is 0. The predicted octanol–water partition coefficient (Wildman–Crippen LogP) is 24.5. The Hall–Kier alpha value is -2.98. The van der Waals surface area contributed by atoms with E-state index in [1.807, 2.05) is 0 Å². The van der Waals surface area contributed by atoms with Crippen molar-refractivity contribution in [3.05, 3.63) is 48.6 Å². The fourth-order valence-electron chi connectivity index (χ4n) is 11.9. The number of carbonyl (C=O) groups excluding carboxylic acids is 4. The van der Waals surface area contributed by atoms with Crippen LogP contribution < -0.4 is 0 Å². The van der Waals surface area contributed by atoms with E-state index in [1.54, 1.807) is 0 Å². The van der Waals surface area contributed by atoms with Crippen molar-refractivity contribution in [1.82, 2.24) is 0 Å². The maximum Gasteiger partial charge on any atom is 0.472 e. The van der Waals surface area contributed by atoms with Crippen molar-refractivity contribution >= 4 is 39.5 Å². The quantitative estimate of drug-likeness (QED) is 0.0169. The number of aliphatic hydroxyl groups excluding tert-OH is 1. The molecule has 0 aromatic rings. The van der Waals surface area contributed by atoms with Gasteiger partial charge in [-0.05, 0) is 89.9 Å². The Labute approximate surface area is 623 Å². The van der Waals surface area contributed by atoms with Crippen molar-refractivity contribution in [3.63, 3.8) is 0 Å². The number of unbranched alkanes of at least 4 members (excludes halogenated alkanes) is 46. The lowest BCUT2D eigenvalue weighted by atomic mass is 10.0. The molecular formula is C83H154O17P2. The fraction of sp³-hybridized carbons (Fsp3) is 0.855. The first kappa shape index (κ1) is 99.0. The lowest BCUT2D eigenvalue weighted by Gasteiger charge is -2.21. The molecule has 0 saturated carbocycles. The van der Waals surface area contributed by atoms with Gasteiger partial charge in [0, 0.05) is 25.7 Å². The van der Waals surface area contributed by atoms with Crippen LogP contribution in [0.25, 0.3) is 0 Å². The second-order valence-electron chi connectivity index (χ2n) is 28.4. The van der Waals surface area contributed by atoms with Gasteiger partial charge in [-0.1, -0.05) is 333 Å². The average Bonchev–Trinajstić information content (AvgIpc) is 0.924. The molecule has 19 heteroatoms. The van der Waals surface area contributed by atoms with Crippen molar-refractivity contribution in [3.8, 4) is 0 Å². The monoisotopic (exact) mass is 1490 g/mol. The van der Waals surface area contributed by atoms with E-state index in [4.69, 9.17) is 37.0 Å². The Bertz CT molecular complexity index is 2120. The Kier molecular flexibility index (Phi) is 74.0. The lowest BCUT2D eigenvalue weighted by Crippen LogP contribution is -2.30. The van der Waals surface area contributed by atoms with E-state index in [0.717, 1.165) is 148 Å². The molecule has 0 rings (SSSR count). The van der Waals surface area contributed by atoms with Gasteiger partial charge in [-0.25, -0.2) is 9.13 Å². The van der Waals surface area contributed by atoms with E-state index in [2.05, 4.69) is 76.3 Å². The molecule has 0 aliphatic carbocycles.